The minimum absolute atomic E-state index is 0.273. The van der Waals surface area contributed by atoms with Crippen molar-refractivity contribution in [2.24, 2.45) is 5.73 Å². The van der Waals surface area contributed by atoms with Crippen molar-refractivity contribution >= 4 is 6.29 Å². The second-order valence-electron chi connectivity index (χ2n) is 2.58. The summed E-state index contributed by atoms with van der Waals surface area (Å²) in [5, 5.41) is 0. The molecule has 0 fully saturated rings. The molecule has 0 aromatic heterocycles. The van der Waals surface area contributed by atoms with Gasteiger partial charge in [-0.15, -0.1) is 0 Å². The number of aldehydes is 1. The minimum atomic E-state index is 0.273. The molecule has 0 aliphatic heterocycles. The quantitative estimate of drug-likeness (QED) is 0.553. The summed E-state index contributed by atoms with van der Waals surface area (Å²) >= 11 is 0. The van der Waals surface area contributed by atoms with E-state index in [4.69, 9.17) is 10.5 Å². The lowest BCUT2D eigenvalue weighted by atomic mass is 10.1. The highest BCUT2D eigenvalue weighted by Crippen LogP contribution is 2.15. The molecule has 0 atom stereocenters. The third kappa shape index (κ3) is 2.35. The van der Waals surface area contributed by atoms with Crippen molar-refractivity contribution in [3.05, 3.63) is 29.3 Å². The summed E-state index contributed by atoms with van der Waals surface area (Å²) in [6.45, 7) is 0.273. The van der Waals surface area contributed by atoms with E-state index in [1.807, 2.05) is 0 Å². The average molecular weight is 189 g/mol. The molecule has 14 heavy (non-hydrogen) atoms. The largest absolute Gasteiger partial charge is 0.497 e. The van der Waals surface area contributed by atoms with Crippen molar-refractivity contribution in [1.29, 1.82) is 0 Å². The van der Waals surface area contributed by atoms with Gasteiger partial charge in [-0.05, 0) is 18.2 Å². The summed E-state index contributed by atoms with van der Waals surface area (Å²) in [5.41, 5.74) is 6.44. The third-order valence-electron chi connectivity index (χ3n) is 1.71. The predicted molar refractivity (Wildman–Crippen MR) is 54.3 cm³/mol. The van der Waals surface area contributed by atoms with Gasteiger partial charge in [0.05, 0.1) is 13.7 Å². The number of carbonyl (C=O) groups excluding carboxylic acids is 1. The van der Waals surface area contributed by atoms with Crippen LogP contribution in [-0.2, 0) is 0 Å². The number of nitrogens with two attached hydrogens (primary N) is 1. The highest BCUT2D eigenvalue weighted by Gasteiger charge is 2.00. The van der Waals surface area contributed by atoms with Crippen LogP contribution in [0, 0.1) is 11.8 Å². The van der Waals surface area contributed by atoms with Crippen LogP contribution in [0.15, 0.2) is 18.2 Å². The van der Waals surface area contributed by atoms with Crippen LogP contribution in [0.3, 0.4) is 0 Å². The molecule has 0 saturated heterocycles. The van der Waals surface area contributed by atoms with E-state index >= 15 is 0 Å². The Bertz CT molecular complexity index is 388. The van der Waals surface area contributed by atoms with Crippen LogP contribution >= 0.6 is 0 Å². The number of hydrogen-bond acceptors (Lipinski definition) is 3. The Labute approximate surface area is 82.9 Å². The fourth-order valence-corrected chi connectivity index (χ4v) is 1.02. The topological polar surface area (TPSA) is 52.3 Å². The van der Waals surface area contributed by atoms with E-state index in [2.05, 4.69) is 11.8 Å². The predicted octanol–water partition coefficient (Wildman–Crippen LogP) is 0.818. The molecule has 1 aromatic carbocycles. The molecule has 3 heteroatoms. The van der Waals surface area contributed by atoms with Crippen molar-refractivity contribution in [3.8, 4) is 17.6 Å². The van der Waals surface area contributed by atoms with E-state index in [-0.39, 0.29) is 6.54 Å². The van der Waals surface area contributed by atoms with Gasteiger partial charge in [0.1, 0.15) is 5.75 Å². The van der Waals surface area contributed by atoms with Gasteiger partial charge in [-0.1, -0.05) is 11.8 Å². The first-order valence-electron chi connectivity index (χ1n) is 4.14. The first-order chi connectivity index (χ1) is 6.81. The fraction of sp³-hybridized carbons (Fsp3) is 0.182. The van der Waals surface area contributed by atoms with E-state index in [0.29, 0.717) is 16.9 Å². The van der Waals surface area contributed by atoms with Crippen LogP contribution in [0.5, 0.6) is 5.75 Å². The molecule has 0 saturated carbocycles. The monoisotopic (exact) mass is 189 g/mol. The van der Waals surface area contributed by atoms with Crippen LogP contribution in [0.2, 0.25) is 0 Å². The zero-order chi connectivity index (χ0) is 10.4. The molecule has 0 heterocycles. The molecular weight excluding hydrogens is 178 g/mol. The van der Waals surface area contributed by atoms with Gasteiger partial charge in [0.25, 0.3) is 0 Å². The fourth-order valence-electron chi connectivity index (χ4n) is 1.02. The van der Waals surface area contributed by atoms with Crippen molar-refractivity contribution in [2.45, 2.75) is 0 Å². The number of methoxy groups -OCH3 is 1. The van der Waals surface area contributed by atoms with E-state index in [9.17, 15) is 4.79 Å². The standard InChI is InChI=1S/C11H11NO2/c1-14-11-5-4-10(8-13)9(7-11)3-2-6-12/h4-5,7-8H,6,12H2,1H3. The summed E-state index contributed by atoms with van der Waals surface area (Å²) in [5.74, 6) is 6.18. The first-order valence-corrected chi connectivity index (χ1v) is 4.14. The lowest BCUT2D eigenvalue weighted by Gasteiger charge is -2.01. The molecule has 0 radical (unpaired) electrons. The highest BCUT2D eigenvalue weighted by molar-refractivity contribution is 5.79. The second kappa shape index (κ2) is 5.05. The Morgan fingerprint density at radius 3 is 2.93 bits per heavy atom. The van der Waals surface area contributed by atoms with Crippen LogP contribution in [0.4, 0.5) is 0 Å². The average Bonchev–Trinajstić information content (AvgIpc) is 2.25. The summed E-state index contributed by atoms with van der Waals surface area (Å²) in [6.07, 6.45) is 0.764. The zero-order valence-corrected chi connectivity index (χ0v) is 7.91. The van der Waals surface area contributed by atoms with E-state index in [1.165, 1.54) is 0 Å². The molecule has 0 bridgehead atoms. The highest BCUT2D eigenvalue weighted by atomic mass is 16.5. The smallest absolute Gasteiger partial charge is 0.151 e. The Balaban J connectivity index is 3.14. The Morgan fingerprint density at radius 1 is 1.57 bits per heavy atom. The molecule has 0 aliphatic rings. The van der Waals surface area contributed by atoms with Crippen molar-refractivity contribution < 1.29 is 9.53 Å². The summed E-state index contributed by atoms with van der Waals surface area (Å²) in [7, 11) is 1.57. The van der Waals surface area contributed by atoms with Gasteiger partial charge in [0.15, 0.2) is 6.29 Å². The molecule has 1 aromatic rings. The first kappa shape index (κ1) is 10.3. The van der Waals surface area contributed by atoms with Crippen LogP contribution in [0.1, 0.15) is 15.9 Å². The van der Waals surface area contributed by atoms with Gasteiger partial charge in [-0.25, -0.2) is 0 Å². The van der Waals surface area contributed by atoms with Gasteiger partial charge in [0, 0.05) is 11.1 Å². The Morgan fingerprint density at radius 2 is 2.36 bits per heavy atom. The normalized spacial score (nSPS) is 8.71. The van der Waals surface area contributed by atoms with Crippen molar-refractivity contribution in [2.75, 3.05) is 13.7 Å². The molecule has 3 nitrogen and oxygen atoms in total. The number of rotatable bonds is 2. The molecule has 0 unspecified atom stereocenters. The maximum atomic E-state index is 10.7. The molecule has 72 valence electrons. The summed E-state index contributed by atoms with van der Waals surface area (Å²) in [6, 6.07) is 5.11. The lowest BCUT2D eigenvalue weighted by molar-refractivity contribution is 0.112. The van der Waals surface area contributed by atoms with Gasteiger partial charge in [0.2, 0.25) is 0 Å². The number of ether oxygens (including phenoxy) is 1. The SMILES string of the molecule is COc1ccc(C=O)c(C#CCN)c1. The van der Waals surface area contributed by atoms with Crippen LogP contribution in [-0.4, -0.2) is 19.9 Å². The van der Waals surface area contributed by atoms with E-state index < -0.39 is 0 Å². The van der Waals surface area contributed by atoms with E-state index in [1.54, 1.807) is 25.3 Å². The number of hydrogen-bond donors (Lipinski definition) is 1. The number of benzene rings is 1. The van der Waals surface area contributed by atoms with Crippen molar-refractivity contribution in [3.63, 3.8) is 0 Å². The molecule has 1 rings (SSSR count). The Hall–Kier alpha value is -1.79. The molecular formula is C11H11NO2. The van der Waals surface area contributed by atoms with Gasteiger partial charge < -0.3 is 10.5 Å². The Kier molecular flexibility index (Phi) is 3.71. The molecule has 0 spiro atoms. The maximum absolute atomic E-state index is 10.7. The van der Waals surface area contributed by atoms with Crippen LogP contribution in [0.25, 0.3) is 0 Å². The van der Waals surface area contributed by atoms with Gasteiger partial charge >= 0.3 is 0 Å². The lowest BCUT2D eigenvalue weighted by Crippen LogP contribution is -1.94. The second-order valence-corrected chi connectivity index (χ2v) is 2.58. The van der Waals surface area contributed by atoms with Crippen molar-refractivity contribution in [1.82, 2.24) is 0 Å². The minimum Gasteiger partial charge on any atom is -0.497 e. The number of carbonyl (C=O) groups is 1. The van der Waals surface area contributed by atoms with Gasteiger partial charge in [-0.3, -0.25) is 4.79 Å². The van der Waals surface area contributed by atoms with E-state index in [0.717, 1.165) is 6.29 Å². The zero-order valence-electron chi connectivity index (χ0n) is 7.91. The summed E-state index contributed by atoms with van der Waals surface area (Å²) < 4.78 is 5.02. The van der Waals surface area contributed by atoms with Gasteiger partial charge in [-0.2, -0.15) is 0 Å². The third-order valence-corrected chi connectivity index (χ3v) is 1.71. The molecule has 2 N–H and O–H groups in total. The molecule has 0 aliphatic carbocycles. The maximum Gasteiger partial charge on any atom is 0.151 e. The molecule has 0 amide bonds. The van der Waals surface area contributed by atoms with Crippen LogP contribution < -0.4 is 10.5 Å². The summed E-state index contributed by atoms with van der Waals surface area (Å²) in [4.78, 5) is 10.7.